The van der Waals surface area contributed by atoms with E-state index in [9.17, 15) is 25.0 Å². The van der Waals surface area contributed by atoms with E-state index in [-0.39, 0.29) is 5.69 Å². The van der Waals surface area contributed by atoms with E-state index >= 15 is 0 Å². The molecule has 0 aliphatic carbocycles. The lowest BCUT2D eigenvalue weighted by atomic mass is 10.2. The van der Waals surface area contributed by atoms with Gasteiger partial charge in [-0.2, -0.15) is 10.1 Å². The molecule has 0 spiro atoms. The molecule has 10 heteroatoms. The second-order valence-electron chi connectivity index (χ2n) is 3.94. The molecule has 9 nitrogen and oxygen atoms in total. The number of halogens is 1. The van der Waals surface area contributed by atoms with E-state index in [0.717, 1.165) is 23.2 Å². The minimum atomic E-state index is -0.790. The molecule has 0 saturated heterocycles. The van der Waals surface area contributed by atoms with Gasteiger partial charge >= 0.3 is 5.69 Å². The topological polar surface area (TPSA) is 119 Å². The molecule has 1 aliphatic rings. The van der Waals surface area contributed by atoms with Crippen LogP contribution in [-0.2, 0) is 4.79 Å². The fourth-order valence-corrected chi connectivity index (χ4v) is 1.95. The quantitative estimate of drug-likeness (QED) is 0.472. The summed E-state index contributed by atoms with van der Waals surface area (Å²) in [5.74, 6) is -0.487. The number of rotatable bonds is 3. The van der Waals surface area contributed by atoms with Gasteiger partial charge in [0.2, 0.25) is 0 Å². The minimum Gasteiger partial charge on any atom is -0.271 e. The summed E-state index contributed by atoms with van der Waals surface area (Å²) in [4.78, 5) is 31.4. The number of benzene rings is 1. The molecule has 1 atom stereocenters. The van der Waals surface area contributed by atoms with Crippen molar-refractivity contribution in [1.82, 2.24) is 0 Å². The molecule has 1 aliphatic heterocycles. The monoisotopic (exact) mass is 342 g/mol. The van der Waals surface area contributed by atoms with Crippen molar-refractivity contribution in [3.63, 3.8) is 0 Å². The van der Waals surface area contributed by atoms with E-state index in [4.69, 9.17) is 0 Å². The molecular formula is C10H7BrN4O5. The molecule has 104 valence electrons. The summed E-state index contributed by atoms with van der Waals surface area (Å²) in [5, 5.41) is 26.4. The van der Waals surface area contributed by atoms with Crippen LogP contribution < -0.4 is 5.01 Å². The van der Waals surface area contributed by atoms with E-state index in [1.165, 1.54) is 0 Å². The number of carbonyl (C=O) groups is 1. The zero-order chi connectivity index (χ0) is 15.0. The number of carbonyl (C=O) groups excluding carboxylic acids is 1. The lowest BCUT2D eigenvalue weighted by molar-refractivity contribution is -0.393. The van der Waals surface area contributed by atoms with E-state index in [2.05, 4.69) is 21.0 Å². The van der Waals surface area contributed by atoms with Crippen LogP contribution in [0.2, 0.25) is 0 Å². The fraction of sp³-hybridized carbons (Fsp3) is 0.200. The smallest absolute Gasteiger partial charge is 0.271 e. The van der Waals surface area contributed by atoms with Gasteiger partial charge in [-0.3, -0.25) is 25.0 Å². The second-order valence-corrected chi connectivity index (χ2v) is 4.86. The van der Waals surface area contributed by atoms with Gasteiger partial charge in [-0.1, -0.05) is 15.9 Å². The summed E-state index contributed by atoms with van der Waals surface area (Å²) in [6, 6.07) is 3.02. The van der Waals surface area contributed by atoms with Crippen molar-refractivity contribution in [2.75, 3.05) is 5.01 Å². The SMILES string of the molecule is CC1=NN(c2ccc([N+](=O)[O-])cc2[N+](=O)[O-])C(=O)C1Br. The van der Waals surface area contributed by atoms with Crippen molar-refractivity contribution in [1.29, 1.82) is 0 Å². The van der Waals surface area contributed by atoms with E-state index < -0.39 is 32.0 Å². The molecule has 0 saturated carbocycles. The average molecular weight is 343 g/mol. The maximum Gasteiger partial charge on any atom is 0.301 e. The van der Waals surface area contributed by atoms with Crippen LogP contribution >= 0.6 is 15.9 Å². The number of nitrogens with zero attached hydrogens (tertiary/aromatic N) is 4. The van der Waals surface area contributed by atoms with Crippen molar-refractivity contribution in [2.45, 2.75) is 11.8 Å². The number of nitro benzene ring substituents is 2. The summed E-state index contributed by atoms with van der Waals surface area (Å²) < 4.78 is 0. The van der Waals surface area contributed by atoms with Crippen molar-refractivity contribution < 1.29 is 14.6 Å². The molecule has 0 aromatic heterocycles. The Morgan fingerprint density at radius 1 is 1.30 bits per heavy atom. The Labute approximate surface area is 120 Å². The number of hydrogen-bond donors (Lipinski definition) is 0. The average Bonchev–Trinajstić information content (AvgIpc) is 2.65. The van der Waals surface area contributed by atoms with Crippen LogP contribution in [0, 0.1) is 20.2 Å². The van der Waals surface area contributed by atoms with Crippen LogP contribution in [0.25, 0.3) is 0 Å². The molecule has 0 fully saturated rings. The molecule has 2 rings (SSSR count). The first-order chi connectivity index (χ1) is 9.32. The molecule has 1 aromatic carbocycles. The highest BCUT2D eigenvalue weighted by Crippen LogP contribution is 2.35. The maximum atomic E-state index is 11.9. The standard InChI is InChI=1S/C10H7BrN4O5/c1-5-9(11)10(16)13(12-5)7-3-2-6(14(17)18)4-8(7)15(19)20/h2-4,9H,1H3. The number of hydrazone groups is 1. The van der Waals surface area contributed by atoms with Gasteiger partial charge in [0.15, 0.2) is 0 Å². The van der Waals surface area contributed by atoms with Crippen LogP contribution in [0.3, 0.4) is 0 Å². The molecular weight excluding hydrogens is 336 g/mol. The number of non-ortho nitro benzene ring substituents is 1. The molecule has 20 heavy (non-hydrogen) atoms. The van der Waals surface area contributed by atoms with E-state index in [0.29, 0.717) is 5.71 Å². The van der Waals surface area contributed by atoms with Gasteiger partial charge in [0, 0.05) is 6.07 Å². The highest BCUT2D eigenvalue weighted by atomic mass is 79.9. The van der Waals surface area contributed by atoms with Crippen LogP contribution in [0.1, 0.15) is 6.92 Å². The Bertz CT molecular complexity index is 659. The van der Waals surface area contributed by atoms with Crippen LogP contribution in [-0.4, -0.2) is 26.3 Å². The van der Waals surface area contributed by atoms with Crippen LogP contribution in [0.15, 0.2) is 23.3 Å². The fourth-order valence-electron chi connectivity index (χ4n) is 1.67. The zero-order valence-corrected chi connectivity index (χ0v) is 11.6. The first kappa shape index (κ1) is 14.1. The predicted molar refractivity (Wildman–Crippen MR) is 73.1 cm³/mol. The molecule has 0 bridgehead atoms. The van der Waals surface area contributed by atoms with Gasteiger partial charge in [-0.15, -0.1) is 0 Å². The van der Waals surface area contributed by atoms with Crippen molar-refractivity contribution >= 4 is 44.6 Å². The van der Waals surface area contributed by atoms with Crippen LogP contribution in [0.4, 0.5) is 17.1 Å². The summed E-state index contributed by atoms with van der Waals surface area (Å²) in [6.07, 6.45) is 0. The van der Waals surface area contributed by atoms with Gasteiger partial charge in [0.05, 0.1) is 21.6 Å². The van der Waals surface area contributed by atoms with Crippen molar-refractivity contribution in [3.05, 3.63) is 38.4 Å². The Hall–Kier alpha value is -2.36. The van der Waals surface area contributed by atoms with Gasteiger partial charge in [0.1, 0.15) is 10.5 Å². The molecule has 1 unspecified atom stereocenters. The van der Waals surface area contributed by atoms with Gasteiger partial charge < -0.3 is 0 Å². The van der Waals surface area contributed by atoms with Crippen LogP contribution in [0.5, 0.6) is 0 Å². The molecule has 0 radical (unpaired) electrons. The molecule has 1 aromatic rings. The summed E-state index contributed by atoms with van der Waals surface area (Å²) in [5.41, 5.74) is -0.636. The summed E-state index contributed by atoms with van der Waals surface area (Å²) in [7, 11) is 0. The van der Waals surface area contributed by atoms with Crippen molar-refractivity contribution in [2.24, 2.45) is 5.10 Å². The third-order valence-corrected chi connectivity index (χ3v) is 3.70. The first-order valence-electron chi connectivity index (χ1n) is 5.29. The zero-order valence-electron chi connectivity index (χ0n) is 10.0. The highest BCUT2D eigenvalue weighted by molar-refractivity contribution is 9.10. The summed E-state index contributed by atoms with van der Waals surface area (Å²) >= 11 is 3.11. The number of alkyl halides is 1. The molecule has 1 amide bonds. The van der Waals surface area contributed by atoms with Gasteiger partial charge in [-0.25, -0.2) is 0 Å². The van der Waals surface area contributed by atoms with E-state index in [1.807, 2.05) is 0 Å². The molecule has 1 heterocycles. The van der Waals surface area contributed by atoms with E-state index in [1.54, 1.807) is 6.92 Å². The molecule has 0 N–H and O–H groups in total. The Morgan fingerprint density at radius 3 is 2.40 bits per heavy atom. The Morgan fingerprint density at radius 2 is 1.95 bits per heavy atom. The Balaban J connectivity index is 2.55. The predicted octanol–water partition coefficient (Wildman–Crippen LogP) is 1.99. The third kappa shape index (κ3) is 2.25. The number of anilines is 1. The summed E-state index contributed by atoms with van der Waals surface area (Å²) in [6.45, 7) is 1.59. The number of nitro groups is 2. The highest BCUT2D eigenvalue weighted by Gasteiger charge is 2.36. The number of amides is 1. The normalized spacial score (nSPS) is 18.1. The lowest BCUT2D eigenvalue weighted by Gasteiger charge is -2.12. The second kappa shape index (κ2) is 4.96. The van der Waals surface area contributed by atoms with Crippen molar-refractivity contribution in [3.8, 4) is 0 Å². The number of hydrogen-bond acceptors (Lipinski definition) is 6. The first-order valence-corrected chi connectivity index (χ1v) is 6.20. The minimum absolute atomic E-state index is 0.105. The lowest BCUT2D eigenvalue weighted by Crippen LogP contribution is -2.27. The Kier molecular flexibility index (Phi) is 3.49. The largest absolute Gasteiger partial charge is 0.301 e. The van der Waals surface area contributed by atoms with Gasteiger partial charge in [0.25, 0.3) is 11.6 Å². The van der Waals surface area contributed by atoms with Gasteiger partial charge in [-0.05, 0) is 13.0 Å². The maximum absolute atomic E-state index is 11.9. The third-order valence-electron chi connectivity index (χ3n) is 2.64.